The molecule has 0 aliphatic rings. The van der Waals surface area contributed by atoms with Gasteiger partial charge in [-0.1, -0.05) is 36.4 Å². The molecule has 4 heteroatoms. The third-order valence-corrected chi connectivity index (χ3v) is 1.51. The first kappa shape index (κ1) is 14.1. The van der Waals surface area contributed by atoms with Crippen LogP contribution in [-0.2, 0) is 4.57 Å². The summed E-state index contributed by atoms with van der Waals surface area (Å²) in [7, 11) is 1.72. The highest BCUT2D eigenvalue weighted by Gasteiger charge is 1.75. The summed E-state index contributed by atoms with van der Waals surface area (Å²) in [6, 6.07) is 17.4. The lowest BCUT2D eigenvalue weighted by Crippen LogP contribution is -1.56. The van der Waals surface area contributed by atoms with Crippen LogP contribution >= 0.6 is 9.12 Å². The average molecular weight is 236 g/mol. The molecule has 0 heterocycles. The molecule has 0 unspecified atom stereocenters. The van der Waals surface area contributed by atoms with E-state index in [-0.39, 0.29) is 0 Å². The lowest BCUT2D eigenvalue weighted by Gasteiger charge is -1.82. The van der Waals surface area contributed by atoms with Gasteiger partial charge in [0.15, 0.2) is 0 Å². The first-order valence-corrected chi connectivity index (χ1v) is 4.88. The Morgan fingerprint density at radius 1 is 0.625 bits per heavy atom. The molecule has 0 aliphatic carbocycles. The fourth-order valence-electron chi connectivity index (χ4n) is 0.856. The third kappa shape index (κ3) is 7.54. The molecule has 0 bridgehead atoms. The topological polar surface area (TPSA) is 57.5 Å². The van der Waals surface area contributed by atoms with Gasteiger partial charge < -0.3 is 10.2 Å². The predicted octanol–water partition coefficient (Wildman–Crippen LogP) is 3.26. The Balaban J connectivity index is 0.000000244. The summed E-state index contributed by atoms with van der Waals surface area (Å²) in [4.78, 5) is 0. The molecule has 0 spiro atoms. The summed E-state index contributed by atoms with van der Waals surface area (Å²) in [5, 5.41) is 17.3. The fourth-order valence-corrected chi connectivity index (χ4v) is 0.856. The molecule has 2 aromatic carbocycles. The van der Waals surface area contributed by atoms with Gasteiger partial charge in [-0.05, 0) is 24.3 Å². The monoisotopic (exact) mass is 236 g/mol. The Bertz CT molecular complexity index is 327. The van der Waals surface area contributed by atoms with Crippen molar-refractivity contribution in [3.8, 4) is 11.5 Å². The Morgan fingerprint density at radius 2 is 0.875 bits per heavy atom. The van der Waals surface area contributed by atoms with Crippen molar-refractivity contribution >= 4 is 9.12 Å². The summed E-state index contributed by atoms with van der Waals surface area (Å²) in [5.74, 6) is 0.644. The highest BCUT2D eigenvalue weighted by molar-refractivity contribution is 7.00. The second-order valence-electron chi connectivity index (χ2n) is 2.67. The summed E-state index contributed by atoms with van der Waals surface area (Å²) >= 11 is 0. The molecule has 0 aliphatic heterocycles. The van der Waals surface area contributed by atoms with Gasteiger partial charge in [0.05, 0.1) is 0 Å². The van der Waals surface area contributed by atoms with E-state index in [1.807, 2.05) is 12.1 Å². The fraction of sp³-hybridized carbons (Fsp3) is 0. The summed E-state index contributed by atoms with van der Waals surface area (Å²) in [6.45, 7) is 0. The Hall–Kier alpha value is -1.86. The van der Waals surface area contributed by atoms with Crippen LogP contribution in [0, 0.1) is 0 Å². The van der Waals surface area contributed by atoms with Crippen molar-refractivity contribution in [2.45, 2.75) is 0 Å². The van der Waals surface area contributed by atoms with E-state index >= 15 is 0 Å². The Morgan fingerprint density at radius 3 is 1.00 bits per heavy atom. The molecule has 2 N–H and O–H groups in total. The first-order chi connectivity index (χ1) is 7.79. The van der Waals surface area contributed by atoms with Gasteiger partial charge in [0, 0.05) is 0 Å². The van der Waals surface area contributed by atoms with E-state index in [1.54, 1.807) is 57.7 Å². The predicted molar refractivity (Wildman–Crippen MR) is 65.2 cm³/mol. The minimum absolute atomic E-state index is 0.322. The van der Waals surface area contributed by atoms with Gasteiger partial charge in [0.2, 0.25) is 0 Å². The molecule has 2 aromatic rings. The van der Waals surface area contributed by atoms with E-state index in [2.05, 4.69) is 0 Å². The van der Waals surface area contributed by atoms with Crippen LogP contribution in [0.1, 0.15) is 0 Å². The number of para-hydroxylation sites is 2. The molecule has 0 amide bonds. The van der Waals surface area contributed by atoms with E-state index in [1.165, 1.54) is 0 Å². The molecule has 16 heavy (non-hydrogen) atoms. The van der Waals surface area contributed by atoms with Crippen LogP contribution in [0.25, 0.3) is 0 Å². The number of phenols is 2. The zero-order valence-corrected chi connectivity index (χ0v) is 9.58. The molecule has 84 valence electrons. The smallest absolute Gasteiger partial charge is 0.138 e. The van der Waals surface area contributed by atoms with E-state index in [4.69, 9.17) is 14.8 Å². The molecule has 0 saturated heterocycles. The maximum absolute atomic E-state index is 8.63. The Labute approximate surface area is 96.6 Å². The molecule has 0 fully saturated rings. The zero-order chi connectivity index (χ0) is 12.2. The third-order valence-electron chi connectivity index (χ3n) is 1.51. The second kappa shape index (κ2) is 9.69. The van der Waals surface area contributed by atoms with Crippen molar-refractivity contribution in [3.63, 3.8) is 0 Å². The van der Waals surface area contributed by atoms with Crippen molar-refractivity contribution in [3.05, 3.63) is 60.7 Å². The lowest BCUT2D eigenvalue weighted by atomic mass is 10.3. The van der Waals surface area contributed by atoms with Crippen molar-refractivity contribution in [2.75, 3.05) is 0 Å². The molecular weight excluding hydrogens is 223 g/mol. The van der Waals surface area contributed by atoms with Crippen LogP contribution in [0.2, 0.25) is 0 Å². The SMILES string of the molecule is O=P.Oc1ccccc1.Oc1ccccc1. The second-order valence-corrected chi connectivity index (χ2v) is 2.67. The Kier molecular flexibility index (Phi) is 8.56. The highest BCUT2D eigenvalue weighted by Crippen LogP contribution is 2.03. The molecule has 0 saturated carbocycles. The number of benzene rings is 2. The number of phenolic OH excluding ortho intramolecular Hbond substituents is 2. The lowest BCUT2D eigenvalue weighted by molar-refractivity contribution is 0.475. The van der Waals surface area contributed by atoms with Crippen molar-refractivity contribution < 1.29 is 14.8 Å². The van der Waals surface area contributed by atoms with Crippen LogP contribution in [-0.4, -0.2) is 10.2 Å². The van der Waals surface area contributed by atoms with Crippen molar-refractivity contribution in [1.29, 1.82) is 0 Å². The molecule has 0 aromatic heterocycles. The van der Waals surface area contributed by atoms with Crippen molar-refractivity contribution in [2.24, 2.45) is 0 Å². The standard InChI is InChI=1S/2C6H6O.HOP/c2*7-6-4-2-1-3-5-6;1-2/h2*1-5,7H;2H. The van der Waals surface area contributed by atoms with E-state index in [0.29, 0.717) is 11.5 Å². The quantitative estimate of drug-likeness (QED) is 0.690. The normalized spacial score (nSPS) is 7.75. The largest absolute Gasteiger partial charge is 0.508 e. The maximum Gasteiger partial charge on any atom is 0.138 e. The summed E-state index contributed by atoms with van der Waals surface area (Å²) < 4.78 is 8.06. The number of aromatic hydroxyl groups is 2. The zero-order valence-electron chi connectivity index (χ0n) is 8.58. The van der Waals surface area contributed by atoms with Crippen LogP contribution in [0.15, 0.2) is 60.7 Å². The highest BCUT2D eigenvalue weighted by atomic mass is 31.0. The van der Waals surface area contributed by atoms with Crippen LogP contribution < -0.4 is 0 Å². The minimum atomic E-state index is 0.322. The van der Waals surface area contributed by atoms with Crippen molar-refractivity contribution in [1.82, 2.24) is 0 Å². The van der Waals surface area contributed by atoms with Crippen LogP contribution in [0.4, 0.5) is 0 Å². The minimum Gasteiger partial charge on any atom is -0.508 e. The van der Waals surface area contributed by atoms with Gasteiger partial charge in [0.1, 0.15) is 20.6 Å². The van der Waals surface area contributed by atoms with Gasteiger partial charge in [-0.2, -0.15) is 0 Å². The van der Waals surface area contributed by atoms with Gasteiger partial charge in [-0.25, -0.2) is 0 Å². The van der Waals surface area contributed by atoms with Gasteiger partial charge in [-0.3, -0.25) is 4.57 Å². The average Bonchev–Trinajstić information content (AvgIpc) is 2.34. The maximum atomic E-state index is 8.63. The van der Waals surface area contributed by atoms with Gasteiger partial charge in [0.25, 0.3) is 0 Å². The van der Waals surface area contributed by atoms with E-state index in [0.717, 1.165) is 0 Å². The van der Waals surface area contributed by atoms with Gasteiger partial charge in [-0.15, -0.1) is 0 Å². The molecular formula is C12H13O3P. The van der Waals surface area contributed by atoms with E-state index < -0.39 is 0 Å². The molecule has 2 rings (SSSR count). The van der Waals surface area contributed by atoms with E-state index in [9.17, 15) is 0 Å². The summed E-state index contributed by atoms with van der Waals surface area (Å²) in [5.41, 5.74) is 0. The molecule has 3 nitrogen and oxygen atoms in total. The van der Waals surface area contributed by atoms with Gasteiger partial charge >= 0.3 is 0 Å². The first-order valence-electron chi connectivity index (χ1n) is 4.47. The number of rotatable bonds is 0. The summed E-state index contributed by atoms with van der Waals surface area (Å²) in [6.07, 6.45) is 0. The number of hydrogen-bond acceptors (Lipinski definition) is 3. The van der Waals surface area contributed by atoms with Crippen LogP contribution in [0.3, 0.4) is 0 Å². The number of hydrogen-bond donors (Lipinski definition) is 2. The molecule has 0 atom stereocenters. The molecule has 0 radical (unpaired) electrons. The van der Waals surface area contributed by atoms with Crippen LogP contribution in [0.5, 0.6) is 11.5 Å².